The Balaban J connectivity index is 2.58. The summed E-state index contributed by atoms with van der Waals surface area (Å²) in [7, 11) is 0. The second-order valence-corrected chi connectivity index (χ2v) is 3.34. The van der Waals surface area contributed by atoms with Gasteiger partial charge in [0.2, 0.25) is 11.6 Å². The van der Waals surface area contributed by atoms with Crippen molar-refractivity contribution in [1.82, 2.24) is 0 Å². The number of ketones is 2. The molecule has 0 heterocycles. The average Bonchev–Trinajstić information content (AvgIpc) is 2.23. The van der Waals surface area contributed by atoms with E-state index in [4.69, 9.17) is 4.74 Å². The second kappa shape index (κ2) is 3.73. The molecule has 0 radical (unpaired) electrons. The molecule has 0 saturated heterocycles. The number of carbonyl (C=O) groups is 3. The first-order valence-electron chi connectivity index (χ1n) is 4.68. The molecule has 0 atom stereocenters. The fourth-order valence-electron chi connectivity index (χ4n) is 1.53. The standard InChI is InChI=1S/C12H8O4/c1-7(13)16-10-4-2-3-8-5-6-9(14)12(15)11(8)10/h2-6H,1H3. The van der Waals surface area contributed by atoms with Gasteiger partial charge in [-0.25, -0.2) is 0 Å². The van der Waals surface area contributed by atoms with Gasteiger partial charge in [0.15, 0.2) is 0 Å². The van der Waals surface area contributed by atoms with Crippen LogP contribution in [0.25, 0.3) is 6.08 Å². The number of Topliss-reactive ketones (excluding diaryl/α,β-unsaturated/α-hetero) is 1. The van der Waals surface area contributed by atoms with Crippen LogP contribution in [0.3, 0.4) is 0 Å². The maximum absolute atomic E-state index is 11.6. The summed E-state index contributed by atoms with van der Waals surface area (Å²) in [6, 6.07) is 4.83. The Morgan fingerprint density at radius 1 is 1.19 bits per heavy atom. The molecule has 0 saturated carbocycles. The van der Waals surface area contributed by atoms with Crippen LogP contribution in [-0.2, 0) is 9.59 Å². The lowest BCUT2D eigenvalue weighted by atomic mass is 9.94. The molecule has 0 amide bonds. The van der Waals surface area contributed by atoms with E-state index in [-0.39, 0.29) is 11.3 Å². The topological polar surface area (TPSA) is 60.4 Å². The van der Waals surface area contributed by atoms with Crippen LogP contribution in [0.1, 0.15) is 22.8 Å². The van der Waals surface area contributed by atoms with Crippen molar-refractivity contribution in [3.05, 3.63) is 35.4 Å². The van der Waals surface area contributed by atoms with Crippen molar-refractivity contribution in [1.29, 1.82) is 0 Å². The molecular weight excluding hydrogens is 208 g/mol. The van der Waals surface area contributed by atoms with Crippen molar-refractivity contribution >= 4 is 23.6 Å². The van der Waals surface area contributed by atoms with Crippen molar-refractivity contribution in [2.24, 2.45) is 0 Å². The van der Waals surface area contributed by atoms with Crippen molar-refractivity contribution in [3.8, 4) is 5.75 Å². The predicted octanol–water partition coefficient (Wildman–Crippen LogP) is 1.39. The van der Waals surface area contributed by atoms with Gasteiger partial charge in [-0.15, -0.1) is 0 Å². The third-order valence-corrected chi connectivity index (χ3v) is 2.18. The molecule has 1 aliphatic carbocycles. The Bertz CT molecular complexity index is 526. The maximum Gasteiger partial charge on any atom is 0.308 e. The molecule has 1 aromatic rings. The highest BCUT2D eigenvalue weighted by Gasteiger charge is 2.25. The van der Waals surface area contributed by atoms with Gasteiger partial charge >= 0.3 is 5.97 Å². The number of carbonyl (C=O) groups excluding carboxylic acids is 3. The molecular formula is C12H8O4. The summed E-state index contributed by atoms with van der Waals surface area (Å²) in [5, 5.41) is 0. The minimum atomic E-state index is -0.644. The van der Waals surface area contributed by atoms with Gasteiger partial charge in [0, 0.05) is 6.92 Å². The van der Waals surface area contributed by atoms with E-state index in [2.05, 4.69) is 0 Å². The van der Waals surface area contributed by atoms with Crippen LogP contribution in [0.4, 0.5) is 0 Å². The highest BCUT2D eigenvalue weighted by molar-refractivity contribution is 6.50. The molecule has 80 valence electrons. The molecule has 2 rings (SSSR count). The number of fused-ring (bicyclic) bond motifs is 1. The highest BCUT2D eigenvalue weighted by atomic mass is 16.5. The Morgan fingerprint density at radius 2 is 1.94 bits per heavy atom. The van der Waals surface area contributed by atoms with Crippen molar-refractivity contribution in [2.75, 3.05) is 0 Å². The Hall–Kier alpha value is -2.23. The molecule has 0 aliphatic heterocycles. The van der Waals surface area contributed by atoms with E-state index in [9.17, 15) is 14.4 Å². The van der Waals surface area contributed by atoms with Crippen LogP contribution >= 0.6 is 0 Å². The van der Waals surface area contributed by atoms with E-state index in [1.807, 2.05) is 0 Å². The number of benzene rings is 1. The summed E-state index contributed by atoms with van der Waals surface area (Å²) in [6.45, 7) is 1.24. The van der Waals surface area contributed by atoms with E-state index in [1.165, 1.54) is 25.1 Å². The minimum Gasteiger partial charge on any atom is -0.426 e. The first-order valence-corrected chi connectivity index (χ1v) is 4.68. The molecule has 0 bridgehead atoms. The van der Waals surface area contributed by atoms with Gasteiger partial charge in [-0.05, 0) is 17.7 Å². The normalized spacial score (nSPS) is 13.6. The highest BCUT2D eigenvalue weighted by Crippen LogP contribution is 2.27. The van der Waals surface area contributed by atoms with Crippen LogP contribution in [0, 0.1) is 0 Å². The lowest BCUT2D eigenvalue weighted by molar-refractivity contribution is -0.131. The van der Waals surface area contributed by atoms with E-state index in [1.54, 1.807) is 12.1 Å². The first-order chi connectivity index (χ1) is 7.59. The van der Waals surface area contributed by atoms with Crippen LogP contribution < -0.4 is 4.74 Å². The summed E-state index contributed by atoms with van der Waals surface area (Å²) < 4.78 is 4.89. The average molecular weight is 216 g/mol. The van der Waals surface area contributed by atoms with Gasteiger partial charge in [-0.1, -0.05) is 18.2 Å². The van der Waals surface area contributed by atoms with Crippen LogP contribution in [0.5, 0.6) is 5.75 Å². The van der Waals surface area contributed by atoms with Gasteiger partial charge in [0.1, 0.15) is 5.75 Å². The summed E-state index contributed by atoms with van der Waals surface area (Å²) in [5.74, 6) is -1.64. The molecule has 4 nitrogen and oxygen atoms in total. The van der Waals surface area contributed by atoms with Crippen molar-refractivity contribution in [3.63, 3.8) is 0 Å². The third-order valence-electron chi connectivity index (χ3n) is 2.18. The zero-order valence-electron chi connectivity index (χ0n) is 8.52. The predicted molar refractivity (Wildman–Crippen MR) is 56.1 cm³/mol. The number of rotatable bonds is 1. The lowest BCUT2D eigenvalue weighted by Gasteiger charge is -2.12. The molecule has 1 aromatic carbocycles. The van der Waals surface area contributed by atoms with Crippen molar-refractivity contribution < 1.29 is 19.1 Å². The number of ether oxygens (including phenoxy) is 1. The molecule has 1 aliphatic rings. The monoisotopic (exact) mass is 216 g/mol. The quantitative estimate of drug-likeness (QED) is 0.404. The largest absolute Gasteiger partial charge is 0.426 e. The lowest BCUT2D eigenvalue weighted by Crippen LogP contribution is -2.18. The molecule has 16 heavy (non-hydrogen) atoms. The van der Waals surface area contributed by atoms with E-state index < -0.39 is 17.5 Å². The fraction of sp³-hybridized carbons (Fsp3) is 0.0833. The van der Waals surface area contributed by atoms with Crippen LogP contribution in [0.2, 0.25) is 0 Å². The van der Waals surface area contributed by atoms with Gasteiger partial charge in [-0.2, -0.15) is 0 Å². The fourth-order valence-corrected chi connectivity index (χ4v) is 1.53. The SMILES string of the molecule is CC(=O)Oc1cccc2c1C(=O)C(=O)C=C2. The summed E-state index contributed by atoms with van der Waals surface area (Å²) in [6.07, 6.45) is 2.74. The van der Waals surface area contributed by atoms with E-state index in [0.717, 1.165) is 0 Å². The zero-order valence-corrected chi connectivity index (χ0v) is 8.52. The van der Waals surface area contributed by atoms with E-state index >= 15 is 0 Å². The number of esters is 1. The van der Waals surface area contributed by atoms with Crippen molar-refractivity contribution in [2.45, 2.75) is 6.92 Å². The summed E-state index contributed by atoms with van der Waals surface area (Å²) in [5.41, 5.74) is 0.744. The smallest absolute Gasteiger partial charge is 0.308 e. The number of hydrogen-bond acceptors (Lipinski definition) is 4. The second-order valence-electron chi connectivity index (χ2n) is 3.34. The zero-order chi connectivity index (χ0) is 11.7. The van der Waals surface area contributed by atoms with Gasteiger partial charge in [0.25, 0.3) is 0 Å². The van der Waals surface area contributed by atoms with E-state index in [0.29, 0.717) is 5.56 Å². The minimum absolute atomic E-state index is 0.132. The Morgan fingerprint density at radius 3 is 2.62 bits per heavy atom. The summed E-state index contributed by atoms with van der Waals surface area (Å²) in [4.78, 5) is 33.7. The molecule has 0 aromatic heterocycles. The molecule has 0 fully saturated rings. The molecule has 0 N–H and O–H groups in total. The third kappa shape index (κ3) is 1.65. The Kier molecular flexibility index (Phi) is 2.40. The summed E-state index contributed by atoms with van der Waals surface area (Å²) >= 11 is 0. The number of allylic oxidation sites excluding steroid dienone is 1. The van der Waals surface area contributed by atoms with Crippen LogP contribution in [-0.4, -0.2) is 17.5 Å². The van der Waals surface area contributed by atoms with Gasteiger partial charge < -0.3 is 4.74 Å². The van der Waals surface area contributed by atoms with Gasteiger partial charge in [0.05, 0.1) is 5.56 Å². The van der Waals surface area contributed by atoms with Gasteiger partial charge in [-0.3, -0.25) is 14.4 Å². The first kappa shape index (κ1) is 10.3. The maximum atomic E-state index is 11.6. The number of hydrogen-bond donors (Lipinski definition) is 0. The Labute approximate surface area is 91.5 Å². The molecule has 0 spiro atoms. The van der Waals surface area contributed by atoms with Crippen LogP contribution in [0.15, 0.2) is 24.3 Å². The molecule has 4 heteroatoms. The molecule has 0 unspecified atom stereocenters.